The fourth-order valence-electron chi connectivity index (χ4n) is 9.23. The van der Waals surface area contributed by atoms with Gasteiger partial charge in [-0.2, -0.15) is 0 Å². The summed E-state index contributed by atoms with van der Waals surface area (Å²) in [7, 11) is 0. The smallest absolute Gasteiger partial charge is 0.164 e. The average Bonchev–Trinajstić information content (AvgIpc) is 4.04. The van der Waals surface area contributed by atoms with Crippen molar-refractivity contribution in [2.24, 2.45) is 0 Å². The Kier molecular flexibility index (Phi) is 8.90. The lowest BCUT2D eigenvalue weighted by Crippen LogP contribution is -2.01. The molecular formula is C58H40N4O2. The second-order valence-corrected chi connectivity index (χ2v) is 16.3. The molecule has 304 valence electrons. The van der Waals surface area contributed by atoms with Crippen molar-refractivity contribution in [1.82, 2.24) is 19.5 Å². The van der Waals surface area contributed by atoms with Crippen LogP contribution in [0.25, 0.3) is 127 Å². The predicted molar refractivity (Wildman–Crippen MR) is 264 cm³/mol. The van der Waals surface area contributed by atoms with Gasteiger partial charge in [0.2, 0.25) is 0 Å². The van der Waals surface area contributed by atoms with Gasteiger partial charge in [-0.05, 0) is 70.9 Å². The molecule has 0 unspecified atom stereocenters. The van der Waals surface area contributed by atoms with Gasteiger partial charge >= 0.3 is 0 Å². The van der Waals surface area contributed by atoms with Crippen molar-refractivity contribution in [3.8, 4) is 51.0 Å². The van der Waals surface area contributed by atoms with Gasteiger partial charge in [0.25, 0.3) is 0 Å². The Morgan fingerprint density at radius 2 is 0.953 bits per heavy atom. The normalized spacial score (nSPS) is 11.7. The second-order valence-electron chi connectivity index (χ2n) is 16.3. The third-order valence-corrected chi connectivity index (χ3v) is 12.0. The Morgan fingerprint density at radius 1 is 0.391 bits per heavy atom. The Balaban J connectivity index is 0.00000141. The highest BCUT2D eigenvalue weighted by Gasteiger charge is 2.21. The fraction of sp³-hybridized carbons (Fsp3) is 0.0517. The first-order valence-corrected chi connectivity index (χ1v) is 21.8. The molecule has 6 nitrogen and oxygen atoms in total. The van der Waals surface area contributed by atoms with Crippen LogP contribution in [0.3, 0.4) is 0 Å². The number of fused-ring (bicyclic) bond motifs is 11. The number of nitrogens with zero attached hydrogens (tertiary/aromatic N) is 4. The molecule has 0 fully saturated rings. The van der Waals surface area contributed by atoms with E-state index in [4.69, 9.17) is 23.8 Å². The molecule has 4 heterocycles. The summed E-state index contributed by atoms with van der Waals surface area (Å²) in [6.07, 6.45) is 1.25. The van der Waals surface area contributed by atoms with Crippen molar-refractivity contribution in [1.29, 1.82) is 0 Å². The van der Waals surface area contributed by atoms with Gasteiger partial charge < -0.3 is 13.4 Å². The topological polar surface area (TPSA) is 69.9 Å². The van der Waals surface area contributed by atoms with Gasteiger partial charge in [-0.25, -0.2) is 15.0 Å². The molecule has 0 spiro atoms. The lowest BCUT2D eigenvalue weighted by atomic mass is 9.98. The number of benzene rings is 9. The van der Waals surface area contributed by atoms with Crippen LogP contribution >= 0.6 is 0 Å². The zero-order valence-electron chi connectivity index (χ0n) is 35.3. The molecule has 13 aromatic rings. The second kappa shape index (κ2) is 15.2. The molecule has 9 aromatic carbocycles. The van der Waals surface area contributed by atoms with Gasteiger partial charge in [-0.3, -0.25) is 0 Å². The van der Waals surface area contributed by atoms with Crippen LogP contribution in [-0.2, 0) is 0 Å². The SMILES string of the molecule is CCC.c1ccc(-c2nc(-c3cccc(-n4c5ccc6ccccc6c5c5cccc(-c6ccc7oc8ccccc8c7c6)c54)c3)nc(-c3ccc4c(c3)oc3ccccc34)n2)cc1. The van der Waals surface area contributed by atoms with Gasteiger partial charge in [-0.1, -0.05) is 160 Å². The van der Waals surface area contributed by atoms with E-state index in [-0.39, 0.29) is 0 Å². The maximum absolute atomic E-state index is 6.30. The molecule has 0 amide bonds. The monoisotopic (exact) mass is 824 g/mol. The largest absolute Gasteiger partial charge is 0.456 e. The molecule has 0 saturated carbocycles. The van der Waals surface area contributed by atoms with E-state index in [1.54, 1.807) is 0 Å². The number of aromatic nitrogens is 4. The summed E-state index contributed by atoms with van der Waals surface area (Å²) in [5, 5.41) is 9.15. The van der Waals surface area contributed by atoms with Crippen LogP contribution in [0.4, 0.5) is 0 Å². The van der Waals surface area contributed by atoms with E-state index >= 15 is 0 Å². The van der Waals surface area contributed by atoms with Crippen molar-refractivity contribution in [3.63, 3.8) is 0 Å². The van der Waals surface area contributed by atoms with E-state index < -0.39 is 0 Å². The maximum Gasteiger partial charge on any atom is 0.164 e. The molecule has 0 atom stereocenters. The van der Waals surface area contributed by atoms with Gasteiger partial charge in [0.05, 0.1) is 11.0 Å². The molecule has 13 rings (SSSR count). The third kappa shape index (κ3) is 6.14. The van der Waals surface area contributed by atoms with Gasteiger partial charge in [0.1, 0.15) is 22.3 Å². The molecular weight excluding hydrogens is 785 g/mol. The molecule has 0 saturated heterocycles. The lowest BCUT2D eigenvalue weighted by Gasteiger charge is -2.14. The van der Waals surface area contributed by atoms with Crippen molar-refractivity contribution in [3.05, 3.63) is 194 Å². The molecule has 0 radical (unpaired) electrons. The lowest BCUT2D eigenvalue weighted by molar-refractivity contribution is 0.668. The Bertz CT molecular complexity index is 3910. The molecule has 0 N–H and O–H groups in total. The highest BCUT2D eigenvalue weighted by molar-refractivity contribution is 6.23. The van der Waals surface area contributed by atoms with Crippen molar-refractivity contribution in [2.75, 3.05) is 0 Å². The molecule has 4 aromatic heterocycles. The van der Waals surface area contributed by atoms with E-state index in [2.05, 4.69) is 146 Å². The third-order valence-electron chi connectivity index (χ3n) is 12.0. The summed E-state index contributed by atoms with van der Waals surface area (Å²) in [4.78, 5) is 15.4. The van der Waals surface area contributed by atoms with E-state index in [9.17, 15) is 0 Å². The van der Waals surface area contributed by atoms with E-state index in [1.165, 1.54) is 28.0 Å². The summed E-state index contributed by atoms with van der Waals surface area (Å²) in [6.45, 7) is 4.25. The van der Waals surface area contributed by atoms with E-state index in [0.717, 1.165) is 88.4 Å². The summed E-state index contributed by atoms with van der Waals surface area (Å²) >= 11 is 0. The highest BCUT2D eigenvalue weighted by atomic mass is 16.3. The molecule has 0 aliphatic heterocycles. The van der Waals surface area contributed by atoms with Crippen molar-refractivity contribution >= 4 is 76.5 Å². The molecule has 64 heavy (non-hydrogen) atoms. The van der Waals surface area contributed by atoms with Crippen LogP contribution in [0, 0.1) is 0 Å². The molecule has 0 aliphatic rings. The number of furan rings is 2. The van der Waals surface area contributed by atoms with E-state index in [0.29, 0.717) is 17.5 Å². The minimum absolute atomic E-state index is 0.574. The first-order valence-electron chi connectivity index (χ1n) is 21.8. The molecule has 0 bridgehead atoms. The fourth-order valence-corrected chi connectivity index (χ4v) is 9.23. The Labute approximate surface area is 368 Å². The first kappa shape index (κ1) is 37.4. The number of hydrogen-bond donors (Lipinski definition) is 0. The molecule has 0 aliphatic carbocycles. The summed E-state index contributed by atoms with van der Waals surface area (Å²) in [5.41, 5.74) is 11.5. The van der Waals surface area contributed by atoms with Crippen molar-refractivity contribution < 1.29 is 8.83 Å². The maximum atomic E-state index is 6.30. The van der Waals surface area contributed by atoms with E-state index in [1.807, 2.05) is 66.7 Å². The number of hydrogen-bond acceptors (Lipinski definition) is 5. The molecule has 6 heteroatoms. The summed E-state index contributed by atoms with van der Waals surface area (Å²) in [5.74, 6) is 1.76. The number of rotatable bonds is 5. The summed E-state index contributed by atoms with van der Waals surface area (Å²) < 4.78 is 15.0. The van der Waals surface area contributed by atoms with Crippen LogP contribution in [0.2, 0.25) is 0 Å². The van der Waals surface area contributed by atoms with Crippen molar-refractivity contribution in [2.45, 2.75) is 20.3 Å². The standard InChI is InChI=1S/C55H32N4O2.C3H8/c1-2-13-34(14-3-1)53-56-54(58-55(57-53)37-24-27-43-41-18-6-8-22-47(41)61-50(43)32-37)36-15-10-16-38(30-36)59-46-28-25-33-12-4-5-17-39(33)51(46)44-21-11-20-40(52(44)59)35-26-29-49-45(31-35)42-19-7-9-23-48(42)60-49;1-3-2/h1-32H;3H2,1-2H3. The van der Waals surface area contributed by atoms with Crippen LogP contribution < -0.4 is 0 Å². The van der Waals surface area contributed by atoms with Crippen LogP contribution in [0.15, 0.2) is 203 Å². The van der Waals surface area contributed by atoms with Crippen LogP contribution in [0.5, 0.6) is 0 Å². The zero-order valence-corrected chi connectivity index (χ0v) is 35.3. The quantitative estimate of drug-likeness (QED) is 0.173. The Morgan fingerprint density at radius 3 is 1.73 bits per heavy atom. The van der Waals surface area contributed by atoms with Crippen LogP contribution in [0.1, 0.15) is 20.3 Å². The average molecular weight is 825 g/mol. The van der Waals surface area contributed by atoms with Crippen LogP contribution in [-0.4, -0.2) is 19.5 Å². The first-order chi connectivity index (χ1) is 31.6. The van der Waals surface area contributed by atoms with Gasteiger partial charge in [0.15, 0.2) is 17.5 Å². The highest BCUT2D eigenvalue weighted by Crippen LogP contribution is 2.43. The zero-order chi connectivity index (χ0) is 42.7. The Hall–Kier alpha value is -8.35. The number of para-hydroxylation sites is 3. The van der Waals surface area contributed by atoms with Gasteiger partial charge in [-0.15, -0.1) is 0 Å². The summed E-state index contributed by atoms with van der Waals surface area (Å²) in [6, 6.07) is 67.6. The minimum atomic E-state index is 0.574. The van der Waals surface area contributed by atoms with Gasteiger partial charge in [0, 0.05) is 60.3 Å². The minimum Gasteiger partial charge on any atom is -0.456 e. The predicted octanol–water partition coefficient (Wildman–Crippen LogP) is 16.0.